The Morgan fingerprint density at radius 2 is 2.06 bits per heavy atom. The summed E-state index contributed by atoms with van der Waals surface area (Å²) >= 11 is 0. The fraction of sp³-hybridized carbons (Fsp3) is 0.571. The van der Waals surface area contributed by atoms with E-state index in [1.54, 1.807) is 14.2 Å². The van der Waals surface area contributed by atoms with E-state index in [4.69, 9.17) is 9.47 Å². The lowest BCUT2D eigenvalue weighted by Gasteiger charge is -2.10. The van der Waals surface area contributed by atoms with Crippen molar-refractivity contribution in [1.82, 2.24) is 5.32 Å². The molecule has 0 spiro atoms. The summed E-state index contributed by atoms with van der Waals surface area (Å²) in [5.74, 6) is 1.78. The number of methoxy groups -OCH3 is 2. The number of hydrogen-bond donors (Lipinski definition) is 1. The monoisotopic (exact) mass is 235 g/mol. The highest BCUT2D eigenvalue weighted by Gasteiger charge is 2.19. The number of benzene rings is 1. The molecule has 0 unspecified atom stereocenters. The topological polar surface area (TPSA) is 30.5 Å². The maximum atomic E-state index is 5.38. The van der Waals surface area contributed by atoms with E-state index < -0.39 is 0 Å². The van der Waals surface area contributed by atoms with Crippen LogP contribution in [0.2, 0.25) is 0 Å². The summed E-state index contributed by atoms with van der Waals surface area (Å²) in [6.07, 6.45) is 4.91. The van der Waals surface area contributed by atoms with E-state index >= 15 is 0 Å². The summed E-state index contributed by atoms with van der Waals surface area (Å²) in [6, 6.07) is 6.83. The van der Waals surface area contributed by atoms with Gasteiger partial charge < -0.3 is 14.8 Å². The molecule has 0 atom stereocenters. The van der Waals surface area contributed by atoms with E-state index in [9.17, 15) is 0 Å². The van der Waals surface area contributed by atoms with Crippen molar-refractivity contribution >= 4 is 0 Å². The minimum atomic E-state index is 0.799. The third-order valence-electron chi connectivity index (χ3n) is 3.13. The summed E-state index contributed by atoms with van der Waals surface area (Å²) in [5.41, 5.74) is 1.26. The molecule has 1 N–H and O–H groups in total. The average Bonchev–Trinajstić information content (AvgIpc) is 3.18. The van der Waals surface area contributed by atoms with Crippen molar-refractivity contribution in [2.24, 2.45) is 0 Å². The lowest BCUT2D eigenvalue weighted by molar-refractivity contribution is 0.390. The molecule has 0 aliphatic heterocycles. The smallest absolute Gasteiger partial charge is 0.125 e. The Bertz CT molecular complexity index is 361. The molecule has 1 fully saturated rings. The van der Waals surface area contributed by atoms with Crippen molar-refractivity contribution < 1.29 is 9.47 Å². The first kappa shape index (κ1) is 12.2. The van der Waals surface area contributed by atoms with Crippen molar-refractivity contribution in [1.29, 1.82) is 0 Å². The van der Waals surface area contributed by atoms with Crippen LogP contribution < -0.4 is 14.8 Å². The van der Waals surface area contributed by atoms with Crippen molar-refractivity contribution in [3.63, 3.8) is 0 Å². The standard InChI is InChI=1S/C14H21NO2/c1-16-13-8-5-11(14(10-13)17-2)4-3-9-15-12-6-7-12/h5,8,10,12,15H,3-4,6-7,9H2,1-2H3. The molecule has 1 aromatic rings. The van der Waals surface area contributed by atoms with Gasteiger partial charge in [0.2, 0.25) is 0 Å². The third-order valence-corrected chi connectivity index (χ3v) is 3.13. The van der Waals surface area contributed by atoms with Gasteiger partial charge in [0.25, 0.3) is 0 Å². The van der Waals surface area contributed by atoms with Crippen LogP contribution in [0.1, 0.15) is 24.8 Å². The van der Waals surface area contributed by atoms with Gasteiger partial charge in [-0.2, -0.15) is 0 Å². The molecule has 0 radical (unpaired) electrons. The molecule has 1 aromatic carbocycles. The molecule has 3 heteroatoms. The van der Waals surface area contributed by atoms with Gasteiger partial charge in [0.15, 0.2) is 0 Å². The van der Waals surface area contributed by atoms with Crippen molar-refractivity contribution in [2.45, 2.75) is 31.7 Å². The van der Waals surface area contributed by atoms with E-state index in [0.717, 1.165) is 36.9 Å². The van der Waals surface area contributed by atoms with Gasteiger partial charge in [0.05, 0.1) is 14.2 Å². The van der Waals surface area contributed by atoms with Crippen molar-refractivity contribution in [3.05, 3.63) is 23.8 Å². The summed E-state index contributed by atoms with van der Waals surface area (Å²) in [4.78, 5) is 0. The molecule has 0 aromatic heterocycles. The van der Waals surface area contributed by atoms with Crippen LogP contribution in [0.15, 0.2) is 18.2 Å². The van der Waals surface area contributed by atoms with Gasteiger partial charge in [-0.25, -0.2) is 0 Å². The normalized spacial score (nSPS) is 14.7. The van der Waals surface area contributed by atoms with Crippen LogP contribution in [0.25, 0.3) is 0 Å². The molecule has 2 rings (SSSR count). The molecule has 0 saturated heterocycles. The number of aryl methyl sites for hydroxylation is 1. The average molecular weight is 235 g/mol. The van der Waals surface area contributed by atoms with E-state index in [1.165, 1.54) is 18.4 Å². The van der Waals surface area contributed by atoms with Crippen LogP contribution in [0.5, 0.6) is 11.5 Å². The lowest BCUT2D eigenvalue weighted by Crippen LogP contribution is -2.17. The molecule has 1 aliphatic rings. The van der Waals surface area contributed by atoms with Crippen LogP contribution in [0.3, 0.4) is 0 Å². The molecule has 0 bridgehead atoms. The van der Waals surface area contributed by atoms with Crippen LogP contribution >= 0.6 is 0 Å². The van der Waals surface area contributed by atoms with Crippen molar-refractivity contribution in [2.75, 3.05) is 20.8 Å². The zero-order valence-electron chi connectivity index (χ0n) is 10.7. The number of hydrogen-bond acceptors (Lipinski definition) is 3. The fourth-order valence-corrected chi connectivity index (χ4v) is 1.93. The Morgan fingerprint density at radius 1 is 1.24 bits per heavy atom. The van der Waals surface area contributed by atoms with Crippen LogP contribution in [0.4, 0.5) is 0 Å². The molecule has 1 aliphatic carbocycles. The van der Waals surface area contributed by atoms with Crippen LogP contribution in [-0.4, -0.2) is 26.8 Å². The first-order valence-corrected chi connectivity index (χ1v) is 6.28. The molecule has 0 amide bonds. The maximum absolute atomic E-state index is 5.38. The number of rotatable bonds is 7. The Balaban J connectivity index is 1.84. The van der Waals surface area contributed by atoms with Gasteiger partial charge in [0.1, 0.15) is 11.5 Å². The van der Waals surface area contributed by atoms with Gasteiger partial charge in [-0.1, -0.05) is 6.07 Å². The second-order valence-corrected chi connectivity index (χ2v) is 4.51. The Morgan fingerprint density at radius 3 is 2.71 bits per heavy atom. The molecule has 0 heterocycles. The Kier molecular flexibility index (Phi) is 4.26. The second-order valence-electron chi connectivity index (χ2n) is 4.51. The van der Waals surface area contributed by atoms with Crippen LogP contribution in [0, 0.1) is 0 Å². The van der Waals surface area contributed by atoms with Gasteiger partial charge in [0, 0.05) is 12.1 Å². The molecule has 1 saturated carbocycles. The van der Waals surface area contributed by atoms with Gasteiger partial charge in [-0.05, 0) is 43.9 Å². The summed E-state index contributed by atoms with van der Waals surface area (Å²) < 4.78 is 10.6. The van der Waals surface area contributed by atoms with Gasteiger partial charge in [-0.15, -0.1) is 0 Å². The van der Waals surface area contributed by atoms with E-state index in [0.29, 0.717) is 0 Å². The zero-order valence-corrected chi connectivity index (χ0v) is 10.7. The minimum absolute atomic E-state index is 0.799. The van der Waals surface area contributed by atoms with Gasteiger partial charge >= 0.3 is 0 Å². The highest BCUT2D eigenvalue weighted by atomic mass is 16.5. The van der Waals surface area contributed by atoms with Gasteiger partial charge in [-0.3, -0.25) is 0 Å². The molecular formula is C14H21NO2. The summed E-state index contributed by atoms with van der Waals surface area (Å²) in [5, 5.41) is 3.52. The maximum Gasteiger partial charge on any atom is 0.125 e. The minimum Gasteiger partial charge on any atom is -0.497 e. The van der Waals surface area contributed by atoms with Crippen molar-refractivity contribution in [3.8, 4) is 11.5 Å². The van der Waals surface area contributed by atoms with E-state index in [2.05, 4.69) is 11.4 Å². The highest BCUT2D eigenvalue weighted by Crippen LogP contribution is 2.25. The predicted molar refractivity (Wildman–Crippen MR) is 68.9 cm³/mol. The number of ether oxygens (including phenoxy) is 2. The Labute approximate surface area is 103 Å². The molecule has 94 valence electrons. The van der Waals surface area contributed by atoms with E-state index in [1.807, 2.05) is 12.1 Å². The third kappa shape index (κ3) is 3.63. The highest BCUT2D eigenvalue weighted by molar-refractivity contribution is 5.40. The fourth-order valence-electron chi connectivity index (χ4n) is 1.93. The largest absolute Gasteiger partial charge is 0.497 e. The first-order chi connectivity index (χ1) is 8.33. The molecule has 3 nitrogen and oxygen atoms in total. The quantitative estimate of drug-likeness (QED) is 0.736. The second kappa shape index (κ2) is 5.92. The predicted octanol–water partition coefficient (Wildman–Crippen LogP) is 2.39. The summed E-state index contributed by atoms with van der Waals surface area (Å²) in [7, 11) is 3.38. The van der Waals surface area contributed by atoms with Crippen LogP contribution in [-0.2, 0) is 6.42 Å². The summed E-state index contributed by atoms with van der Waals surface area (Å²) in [6.45, 7) is 1.10. The molecular weight excluding hydrogens is 214 g/mol. The number of nitrogens with one attached hydrogen (secondary N) is 1. The van der Waals surface area contributed by atoms with E-state index in [-0.39, 0.29) is 0 Å². The first-order valence-electron chi connectivity index (χ1n) is 6.28. The zero-order chi connectivity index (χ0) is 12.1. The Hall–Kier alpha value is -1.22. The SMILES string of the molecule is COc1ccc(CCCNC2CC2)c(OC)c1. The molecule has 17 heavy (non-hydrogen) atoms. The lowest BCUT2D eigenvalue weighted by atomic mass is 10.1.